The number of amides is 1. The zero-order valence-electron chi connectivity index (χ0n) is 14.9. The van der Waals surface area contributed by atoms with E-state index in [-0.39, 0.29) is 23.5 Å². The van der Waals surface area contributed by atoms with Crippen LogP contribution in [0.1, 0.15) is 25.3 Å². The third kappa shape index (κ3) is 5.17. The maximum Gasteiger partial charge on any atom is 0.243 e. The van der Waals surface area contributed by atoms with E-state index in [1.165, 1.54) is 13.1 Å². The van der Waals surface area contributed by atoms with Crippen molar-refractivity contribution in [2.24, 2.45) is 0 Å². The molecule has 1 aliphatic rings. The lowest BCUT2D eigenvalue weighted by Crippen LogP contribution is -2.40. The van der Waals surface area contributed by atoms with E-state index in [1.807, 2.05) is 6.92 Å². The van der Waals surface area contributed by atoms with E-state index in [4.69, 9.17) is 9.47 Å². The van der Waals surface area contributed by atoms with Gasteiger partial charge in [0.1, 0.15) is 5.75 Å². The first-order chi connectivity index (χ1) is 11.8. The molecule has 1 N–H and O–H groups in total. The molecule has 1 saturated heterocycles. The van der Waals surface area contributed by atoms with Crippen LogP contribution in [0.2, 0.25) is 0 Å². The Morgan fingerprint density at radius 1 is 1.44 bits per heavy atom. The maximum absolute atomic E-state index is 12.6. The SMILES string of the molecule is CCOc1ccc(S(=O)(=O)N(C)CC(=O)NC[C@@H]2CCCO2)cc1C. The quantitative estimate of drug-likeness (QED) is 0.746. The fraction of sp³-hybridized carbons (Fsp3) is 0.588. The number of likely N-dealkylation sites (N-methyl/N-ethyl adjacent to an activating group) is 1. The highest BCUT2D eigenvalue weighted by molar-refractivity contribution is 7.89. The average Bonchev–Trinajstić information content (AvgIpc) is 3.08. The Bertz CT molecular complexity index is 699. The molecule has 1 heterocycles. The highest BCUT2D eigenvalue weighted by Crippen LogP contribution is 2.23. The monoisotopic (exact) mass is 370 g/mol. The molecule has 1 aliphatic heterocycles. The molecule has 0 radical (unpaired) electrons. The molecule has 1 amide bonds. The van der Waals surface area contributed by atoms with Crippen LogP contribution in [0.15, 0.2) is 23.1 Å². The molecule has 1 aromatic rings. The normalized spacial score (nSPS) is 17.7. The van der Waals surface area contributed by atoms with Crippen LogP contribution in [-0.2, 0) is 19.6 Å². The summed E-state index contributed by atoms with van der Waals surface area (Å²) < 4.78 is 37.2. The predicted molar refractivity (Wildman–Crippen MR) is 94.1 cm³/mol. The number of carbonyl (C=O) groups is 1. The van der Waals surface area contributed by atoms with Gasteiger partial charge in [0.25, 0.3) is 0 Å². The van der Waals surface area contributed by atoms with Crippen LogP contribution in [0.25, 0.3) is 0 Å². The van der Waals surface area contributed by atoms with Crippen molar-refractivity contribution < 1.29 is 22.7 Å². The minimum absolute atomic E-state index is 0.0274. The average molecular weight is 370 g/mol. The first kappa shape index (κ1) is 19.7. The predicted octanol–water partition coefficient (Wildman–Crippen LogP) is 1.31. The van der Waals surface area contributed by atoms with Gasteiger partial charge in [-0.05, 0) is 50.5 Å². The molecule has 0 unspecified atom stereocenters. The minimum atomic E-state index is -3.74. The number of aryl methyl sites for hydroxylation is 1. The molecular weight excluding hydrogens is 344 g/mol. The Kier molecular flexibility index (Phi) is 6.80. The second-order valence-electron chi connectivity index (χ2n) is 6.06. The zero-order chi connectivity index (χ0) is 18.4. The Morgan fingerprint density at radius 3 is 2.80 bits per heavy atom. The van der Waals surface area contributed by atoms with Crippen LogP contribution in [0.4, 0.5) is 0 Å². The summed E-state index contributed by atoms with van der Waals surface area (Å²) in [5.74, 6) is 0.308. The number of ether oxygens (including phenoxy) is 2. The Hall–Kier alpha value is -1.64. The number of nitrogens with one attached hydrogen (secondary N) is 1. The summed E-state index contributed by atoms with van der Waals surface area (Å²) in [6, 6.07) is 4.69. The summed E-state index contributed by atoms with van der Waals surface area (Å²) in [6.45, 7) is 5.06. The van der Waals surface area contributed by atoms with E-state index in [1.54, 1.807) is 19.1 Å². The first-order valence-corrected chi connectivity index (χ1v) is 9.86. The number of carbonyl (C=O) groups excluding carboxylic acids is 1. The van der Waals surface area contributed by atoms with Gasteiger partial charge in [0.05, 0.1) is 24.2 Å². The van der Waals surface area contributed by atoms with Gasteiger partial charge in [-0.15, -0.1) is 0 Å². The lowest BCUT2D eigenvalue weighted by atomic mass is 10.2. The molecule has 7 nitrogen and oxygen atoms in total. The topological polar surface area (TPSA) is 84.9 Å². The highest BCUT2D eigenvalue weighted by Gasteiger charge is 2.24. The lowest BCUT2D eigenvalue weighted by molar-refractivity contribution is -0.121. The van der Waals surface area contributed by atoms with E-state index in [9.17, 15) is 13.2 Å². The number of sulfonamides is 1. The summed E-state index contributed by atoms with van der Waals surface area (Å²) in [4.78, 5) is 12.1. The smallest absolute Gasteiger partial charge is 0.243 e. The minimum Gasteiger partial charge on any atom is -0.494 e. The molecule has 0 aliphatic carbocycles. The van der Waals surface area contributed by atoms with Crippen LogP contribution in [0.3, 0.4) is 0 Å². The van der Waals surface area contributed by atoms with Gasteiger partial charge in [0, 0.05) is 20.2 Å². The summed E-state index contributed by atoms with van der Waals surface area (Å²) in [5.41, 5.74) is 0.735. The number of hydrogen-bond acceptors (Lipinski definition) is 5. The Labute approximate surface area is 149 Å². The summed E-state index contributed by atoms with van der Waals surface area (Å²) >= 11 is 0. The van der Waals surface area contributed by atoms with Crippen molar-refractivity contribution in [2.45, 2.75) is 37.7 Å². The van der Waals surface area contributed by atoms with E-state index in [0.29, 0.717) is 25.5 Å². The number of benzene rings is 1. The van der Waals surface area contributed by atoms with Crippen molar-refractivity contribution in [2.75, 3.05) is 33.4 Å². The van der Waals surface area contributed by atoms with E-state index >= 15 is 0 Å². The van der Waals surface area contributed by atoms with Crippen molar-refractivity contribution in [3.63, 3.8) is 0 Å². The van der Waals surface area contributed by atoms with Gasteiger partial charge < -0.3 is 14.8 Å². The fourth-order valence-corrected chi connectivity index (χ4v) is 3.87. The van der Waals surface area contributed by atoms with Crippen molar-refractivity contribution in [1.29, 1.82) is 0 Å². The molecule has 1 atom stereocenters. The zero-order valence-corrected chi connectivity index (χ0v) is 15.8. The molecule has 1 fully saturated rings. The molecule has 2 rings (SSSR count). The number of hydrogen-bond donors (Lipinski definition) is 1. The van der Waals surface area contributed by atoms with E-state index in [2.05, 4.69) is 5.32 Å². The van der Waals surface area contributed by atoms with Gasteiger partial charge in [0.2, 0.25) is 15.9 Å². The molecule has 0 bridgehead atoms. The van der Waals surface area contributed by atoms with Crippen molar-refractivity contribution >= 4 is 15.9 Å². The third-order valence-electron chi connectivity index (χ3n) is 4.07. The largest absolute Gasteiger partial charge is 0.494 e. The summed E-state index contributed by atoms with van der Waals surface area (Å²) in [5, 5.41) is 2.73. The van der Waals surface area contributed by atoms with Gasteiger partial charge in [-0.25, -0.2) is 8.42 Å². The molecule has 0 aromatic heterocycles. The maximum atomic E-state index is 12.6. The molecule has 0 spiro atoms. The van der Waals surface area contributed by atoms with Gasteiger partial charge in [-0.3, -0.25) is 4.79 Å². The Morgan fingerprint density at radius 2 is 2.20 bits per heavy atom. The van der Waals surface area contributed by atoms with Gasteiger partial charge in [-0.2, -0.15) is 4.31 Å². The van der Waals surface area contributed by atoms with Crippen LogP contribution in [-0.4, -0.2) is 58.1 Å². The van der Waals surface area contributed by atoms with Gasteiger partial charge in [0.15, 0.2) is 0 Å². The fourth-order valence-electron chi connectivity index (χ4n) is 2.66. The summed E-state index contributed by atoms with van der Waals surface area (Å²) in [6.07, 6.45) is 1.94. The lowest BCUT2D eigenvalue weighted by Gasteiger charge is -2.18. The van der Waals surface area contributed by atoms with Crippen LogP contribution >= 0.6 is 0 Å². The van der Waals surface area contributed by atoms with E-state index in [0.717, 1.165) is 22.7 Å². The van der Waals surface area contributed by atoms with Crippen LogP contribution in [0.5, 0.6) is 5.75 Å². The summed E-state index contributed by atoms with van der Waals surface area (Å²) in [7, 11) is -2.34. The van der Waals surface area contributed by atoms with Crippen molar-refractivity contribution in [3.8, 4) is 5.75 Å². The number of nitrogens with zero attached hydrogens (tertiary/aromatic N) is 1. The van der Waals surface area contributed by atoms with Crippen LogP contribution in [0, 0.1) is 6.92 Å². The third-order valence-corrected chi connectivity index (χ3v) is 5.87. The molecular formula is C17H26N2O5S. The molecule has 25 heavy (non-hydrogen) atoms. The molecule has 8 heteroatoms. The molecule has 0 saturated carbocycles. The second kappa shape index (κ2) is 8.64. The molecule has 140 valence electrons. The van der Waals surface area contributed by atoms with E-state index < -0.39 is 10.0 Å². The van der Waals surface area contributed by atoms with Crippen molar-refractivity contribution in [1.82, 2.24) is 9.62 Å². The van der Waals surface area contributed by atoms with Gasteiger partial charge in [-0.1, -0.05) is 0 Å². The molecule has 1 aromatic carbocycles. The number of rotatable bonds is 8. The second-order valence-corrected chi connectivity index (χ2v) is 8.11. The van der Waals surface area contributed by atoms with Crippen LogP contribution < -0.4 is 10.1 Å². The van der Waals surface area contributed by atoms with Gasteiger partial charge >= 0.3 is 0 Å². The first-order valence-electron chi connectivity index (χ1n) is 8.42. The Balaban J connectivity index is 1.97. The van der Waals surface area contributed by atoms with Crippen molar-refractivity contribution in [3.05, 3.63) is 23.8 Å². The highest BCUT2D eigenvalue weighted by atomic mass is 32.2. The standard InChI is InChI=1S/C17H26N2O5S/c1-4-23-16-8-7-15(10-13(16)2)25(21,22)19(3)12-17(20)18-11-14-6-5-9-24-14/h7-8,10,14H,4-6,9,11-12H2,1-3H3,(H,18,20)/t14-/m0/s1.